The predicted molar refractivity (Wildman–Crippen MR) is 54.1 cm³/mol. The van der Waals surface area contributed by atoms with Gasteiger partial charge in [0.1, 0.15) is 0 Å². The van der Waals surface area contributed by atoms with Crippen LogP contribution in [-0.4, -0.2) is 7.05 Å². The lowest BCUT2D eigenvalue weighted by atomic mass is 10.0. The number of hydrogen-bond acceptors (Lipinski definition) is 2. The van der Waals surface area contributed by atoms with E-state index < -0.39 is 0 Å². The first-order valence-electron chi connectivity index (χ1n) is 3.50. The molecule has 0 bridgehead atoms. The first-order chi connectivity index (χ1) is 5.08. The fourth-order valence-electron chi connectivity index (χ4n) is 0.853. The van der Waals surface area contributed by atoms with Gasteiger partial charge in [0.2, 0.25) is 0 Å². The number of thiophene rings is 1. The van der Waals surface area contributed by atoms with Crippen LogP contribution in [0.1, 0.15) is 18.7 Å². The molecule has 0 aliphatic rings. The van der Waals surface area contributed by atoms with Gasteiger partial charge in [-0.3, -0.25) is 0 Å². The molecule has 1 heterocycles. The molecule has 11 heavy (non-hydrogen) atoms. The van der Waals surface area contributed by atoms with Crippen LogP contribution < -0.4 is 5.32 Å². The van der Waals surface area contributed by atoms with E-state index >= 15 is 0 Å². The van der Waals surface area contributed by atoms with Crippen molar-refractivity contribution in [1.29, 1.82) is 0 Å². The number of halogens is 1. The lowest BCUT2D eigenvalue weighted by molar-refractivity contribution is 0.452. The van der Waals surface area contributed by atoms with Gasteiger partial charge in [-0.15, -0.1) is 11.3 Å². The van der Waals surface area contributed by atoms with Crippen LogP contribution in [0.3, 0.4) is 0 Å². The van der Waals surface area contributed by atoms with Crippen molar-refractivity contribution < 1.29 is 0 Å². The summed E-state index contributed by atoms with van der Waals surface area (Å²) in [7, 11) is 1.98. The van der Waals surface area contributed by atoms with Gasteiger partial charge in [-0.2, -0.15) is 0 Å². The van der Waals surface area contributed by atoms with Crippen LogP contribution in [-0.2, 0) is 5.54 Å². The smallest absolute Gasteiger partial charge is 0.0480 e. The molecule has 1 nitrogen and oxygen atoms in total. The molecule has 1 N–H and O–H groups in total. The van der Waals surface area contributed by atoms with Crippen molar-refractivity contribution in [3.05, 3.63) is 20.8 Å². The summed E-state index contributed by atoms with van der Waals surface area (Å²) in [4.78, 5) is 1.35. The largest absolute Gasteiger partial charge is 0.310 e. The Bertz CT molecular complexity index is 242. The van der Waals surface area contributed by atoms with E-state index in [0.29, 0.717) is 0 Å². The Morgan fingerprint density at radius 3 is 2.55 bits per heavy atom. The molecule has 0 saturated carbocycles. The van der Waals surface area contributed by atoms with E-state index in [1.165, 1.54) is 9.35 Å². The third-order valence-electron chi connectivity index (χ3n) is 1.81. The van der Waals surface area contributed by atoms with Crippen LogP contribution in [0.4, 0.5) is 0 Å². The highest BCUT2D eigenvalue weighted by Crippen LogP contribution is 2.32. The van der Waals surface area contributed by atoms with Gasteiger partial charge >= 0.3 is 0 Å². The van der Waals surface area contributed by atoms with Crippen molar-refractivity contribution >= 4 is 27.3 Å². The van der Waals surface area contributed by atoms with Gasteiger partial charge in [0.25, 0.3) is 0 Å². The topological polar surface area (TPSA) is 12.0 Å². The fourth-order valence-corrected chi connectivity index (χ4v) is 2.85. The van der Waals surface area contributed by atoms with Gasteiger partial charge in [-0.05, 0) is 48.3 Å². The fraction of sp³-hybridized carbons (Fsp3) is 0.500. The number of nitrogens with one attached hydrogen (secondary N) is 1. The second kappa shape index (κ2) is 3.25. The maximum atomic E-state index is 3.51. The Hall–Kier alpha value is 0.140. The zero-order chi connectivity index (χ0) is 8.48. The first-order valence-corrected chi connectivity index (χ1v) is 5.17. The maximum Gasteiger partial charge on any atom is 0.0480 e. The molecule has 0 radical (unpaired) electrons. The summed E-state index contributed by atoms with van der Waals surface area (Å²) in [6.07, 6.45) is 0. The lowest BCUT2D eigenvalue weighted by Gasteiger charge is -2.22. The molecule has 0 fully saturated rings. The molecular formula is C8H12BrNS. The van der Waals surface area contributed by atoms with Gasteiger partial charge in [0, 0.05) is 14.9 Å². The molecule has 0 saturated heterocycles. The summed E-state index contributed by atoms with van der Waals surface area (Å²) in [5, 5.41) is 5.36. The standard InChI is InChI=1S/C8H12BrNS/c1-8(2,10-3)7-6(9)4-5-11-7/h4-5,10H,1-3H3. The minimum atomic E-state index is 0.0764. The zero-order valence-corrected chi connectivity index (χ0v) is 9.34. The molecule has 1 rings (SSSR count). The normalized spacial score (nSPS) is 12.0. The predicted octanol–water partition coefficient (Wildman–Crippen LogP) is 2.97. The van der Waals surface area contributed by atoms with Crippen LogP contribution in [0.2, 0.25) is 0 Å². The summed E-state index contributed by atoms with van der Waals surface area (Å²) in [5.74, 6) is 0. The maximum absolute atomic E-state index is 3.51. The highest BCUT2D eigenvalue weighted by atomic mass is 79.9. The Balaban J connectivity index is 3.00. The second-order valence-electron chi connectivity index (χ2n) is 2.97. The number of rotatable bonds is 2. The quantitative estimate of drug-likeness (QED) is 0.829. The SMILES string of the molecule is CNC(C)(C)c1sccc1Br. The van der Waals surface area contributed by atoms with Crippen LogP contribution in [0, 0.1) is 0 Å². The Kier molecular flexibility index (Phi) is 2.73. The van der Waals surface area contributed by atoms with Crippen molar-refractivity contribution in [3.63, 3.8) is 0 Å². The molecule has 0 atom stereocenters. The van der Waals surface area contributed by atoms with E-state index in [2.05, 4.69) is 46.5 Å². The van der Waals surface area contributed by atoms with Gasteiger partial charge in [-0.25, -0.2) is 0 Å². The highest BCUT2D eigenvalue weighted by Gasteiger charge is 2.21. The van der Waals surface area contributed by atoms with E-state index in [-0.39, 0.29) is 5.54 Å². The van der Waals surface area contributed by atoms with Crippen LogP contribution in [0.25, 0.3) is 0 Å². The average molecular weight is 234 g/mol. The van der Waals surface area contributed by atoms with E-state index in [4.69, 9.17) is 0 Å². The van der Waals surface area contributed by atoms with Crippen molar-refractivity contribution in [2.75, 3.05) is 7.05 Å². The molecule has 0 spiro atoms. The van der Waals surface area contributed by atoms with Gasteiger partial charge in [0.15, 0.2) is 0 Å². The van der Waals surface area contributed by atoms with E-state index in [1.54, 1.807) is 11.3 Å². The lowest BCUT2D eigenvalue weighted by Crippen LogP contribution is -2.32. The summed E-state index contributed by atoms with van der Waals surface area (Å²) in [6, 6.07) is 2.08. The van der Waals surface area contributed by atoms with Crippen molar-refractivity contribution in [1.82, 2.24) is 5.32 Å². The molecule has 1 aromatic heterocycles. The van der Waals surface area contributed by atoms with Gasteiger partial charge < -0.3 is 5.32 Å². The third-order valence-corrected chi connectivity index (χ3v) is 3.97. The molecule has 62 valence electrons. The summed E-state index contributed by atoms with van der Waals surface area (Å²) in [5.41, 5.74) is 0.0764. The molecular weight excluding hydrogens is 222 g/mol. The Morgan fingerprint density at radius 2 is 2.18 bits per heavy atom. The van der Waals surface area contributed by atoms with Crippen LogP contribution in [0.15, 0.2) is 15.9 Å². The van der Waals surface area contributed by atoms with Gasteiger partial charge in [-0.1, -0.05) is 0 Å². The molecule has 1 aromatic rings. The summed E-state index contributed by atoms with van der Waals surface area (Å²) >= 11 is 5.28. The molecule has 0 aromatic carbocycles. The zero-order valence-electron chi connectivity index (χ0n) is 6.94. The first kappa shape index (κ1) is 9.23. The van der Waals surface area contributed by atoms with E-state index in [1.807, 2.05) is 7.05 Å². The molecule has 0 aliphatic heterocycles. The Morgan fingerprint density at radius 1 is 1.55 bits per heavy atom. The van der Waals surface area contributed by atoms with Crippen LogP contribution in [0.5, 0.6) is 0 Å². The van der Waals surface area contributed by atoms with E-state index in [9.17, 15) is 0 Å². The highest BCUT2D eigenvalue weighted by molar-refractivity contribution is 9.10. The molecule has 0 amide bonds. The molecule has 0 unspecified atom stereocenters. The third kappa shape index (κ3) is 1.83. The summed E-state index contributed by atoms with van der Waals surface area (Å²) < 4.78 is 1.20. The van der Waals surface area contributed by atoms with Gasteiger partial charge in [0.05, 0.1) is 0 Å². The monoisotopic (exact) mass is 233 g/mol. The Labute approximate surface area is 79.9 Å². The number of hydrogen-bond donors (Lipinski definition) is 1. The molecule has 0 aliphatic carbocycles. The van der Waals surface area contributed by atoms with Crippen molar-refractivity contribution in [2.24, 2.45) is 0 Å². The van der Waals surface area contributed by atoms with Crippen molar-refractivity contribution in [3.8, 4) is 0 Å². The van der Waals surface area contributed by atoms with Crippen molar-refractivity contribution in [2.45, 2.75) is 19.4 Å². The average Bonchev–Trinajstić information content (AvgIpc) is 2.36. The van der Waals surface area contributed by atoms with Crippen LogP contribution >= 0.6 is 27.3 Å². The minimum absolute atomic E-state index is 0.0764. The second-order valence-corrected chi connectivity index (χ2v) is 4.74. The van der Waals surface area contributed by atoms with E-state index in [0.717, 1.165) is 0 Å². The summed E-state index contributed by atoms with van der Waals surface area (Å²) in [6.45, 7) is 4.34. The minimum Gasteiger partial charge on any atom is -0.310 e. The molecule has 3 heteroatoms.